The molecule has 0 aliphatic carbocycles. The number of benzene rings is 1. The highest BCUT2D eigenvalue weighted by Crippen LogP contribution is 2.20. The number of urea groups is 1. The highest BCUT2D eigenvalue weighted by atomic mass is 16.2. The van der Waals surface area contributed by atoms with Gasteiger partial charge in [-0.25, -0.2) is 9.78 Å². The van der Waals surface area contributed by atoms with Gasteiger partial charge in [-0.3, -0.25) is 10.4 Å². The van der Waals surface area contributed by atoms with Crippen LogP contribution in [-0.2, 0) is 0 Å². The molecule has 9 heteroatoms. The maximum Gasteiger partial charge on any atom is 0.324 e. The van der Waals surface area contributed by atoms with Gasteiger partial charge in [0.25, 0.3) is 0 Å². The van der Waals surface area contributed by atoms with Crippen LogP contribution in [0.25, 0.3) is 22.4 Å². The summed E-state index contributed by atoms with van der Waals surface area (Å²) in [6.45, 7) is 4.08. The minimum Gasteiger partial charge on any atom is -0.310 e. The number of aromatic amines is 1. The number of carbonyl (C=O) groups is 1. The fourth-order valence-corrected chi connectivity index (χ4v) is 2.73. The standard InChI is InChI=1S/C18H18N8O/c1-11(2)26-10-20-25-17(26)15-4-3-5-16(22-15)23-18(27)21-13-6-7-14-12(8-13)9-19-24-14/h3-11H,1-2H3,(H,19,24)(H2,21,22,23,27). The van der Waals surface area contributed by atoms with Crippen molar-refractivity contribution >= 4 is 28.4 Å². The molecule has 3 heterocycles. The zero-order valence-electron chi connectivity index (χ0n) is 14.8. The maximum atomic E-state index is 12.3. The number of aromatic nitrogens is 6. The Hall–Kier alpha value is -3.75. The van der Waals surface area contributed by atoms with E-state index in [1.54, 1.807) is 24.7 Å². The predicted octanol–water partition coefficient (Wildman–Crippen LogP) is 3.44. The number of H-pyrrole nitrogens is 1. The average Bonchev–Trinajstić information content (AvgIpc) is 3.30. The van der Waals surface area contributed by atoms with Crippen LogP contribution in [0.5, 0.6) is 0 Å². The molecule has 0 aliphatic heterocycles. The SMILES string of the molecule is CC(C)n1cnnc1-c1cccc(NC(=O)Nc2ccc3[nH]ncc3c2)n1. The van der Waals surface area contributed by atoms with Gasteiger partial charge in [0.05, 0.1) is 11.7 Å². The van der Waals surface area contributed by atoms with E-state index in [1.165, 1.54) is 0 Å². The second kappa shape index (κ2) is 6.87. The Bertz CT molecular complexity index is 1100. The minimum absolute atomic E-state index is 0.203. The summed E-state index contributed by atoms with van der Waals surface area (Å²) < 4.78 is 1.92. The molecule has 4 rings (SSSR count). The summed E-state index contributed by atoms with van der Waals surface area (Å²) in [7, 11) is 0. The summed E-state index contributed by atoms with van der Waals surface area (Å²) in [5.41, 5.74) is 2.21. The third kappa shape index (κ3) is 3.47. The van der Waals surface area contributed by atoms with Gasteiger partial charge in [0, 0.05) is 17.1 Å². The van der Waals surface area contributed by atoms with Crippen molar-refractivity contribution in [3.63, 3.8) is 0 Å². The number of nitrogens with one attached hydrogen (secondary N) is 3. The van der Waals surface area contributed by atoms with Gasteiger partial charge in [0.1, 0.15) is 17.8 Å². The molecule has 0 saturated carbocycles. The molecular formula is C18H18N8O. The van der Waals surface area contributed by atoms with Crippen LogP contribution in [0.3, 0.4) is 0 Å². The Labute approximate surface area is 154 Å². The summed E-state index contributed by atoms with van der Waals surface area (Å²) in [5, 5.41) is 21.4. The molecule has 9 nitrogen and oxygen atoms in total. The van der Waals surface area contributed by atoms with Crippen LogP contribution in [0.1, 0.15) is 19.9 Å². The predicted molar refractivity (Wildman–Crippen MR) is 102 cm³/mol. The molecule has 3 aromatic heterocycles. The highest BCUT2D eigenvalue weighted by Gasteiger charge is 2.12. The van der Waals surface area contributed by atoms with E-state index in [4.69, 9.17) is 0 Å². The lowest BCUT2D eigenvalue weighted by Crippen LogP contribution is -2.20. The van der Waals surface area contributed by atoms with Crippen molar-refractivity contribution in [2.75, 3.05) is 10.6 Å². The lowest BCUT2D eigenvalue weighted by Gasteiger charge is -2.11. The fourth-order valence-electron chi connectivity index (χ4n) is 2.73. The van der Waals surface area contributed by atoms with Crippen LogP contribution in [-0.4, -0.2) is 36.0 Å². The number of pyridine rings is 1. The van der Waals surface area contributed by atoms with Crippen molar-refractivity contribution in [3.05, 3.63) is 48.9 Å². The Kier molecular flexibility index (Phi) is 4.25. The molecule has 4 aromatic rings. The van der Waals surface area contributed by atoms with E-state index in [0.717, 1.165) is 10.9 Å². The van der Waals surface area contributed by atoms with E-state index in [0.29, 0.717) is 23.0 Å². The molecule has 0 spiro atoms. The summed E-state index contributed by atoms with van der Waals surface area (Å²) >= 11 is 0. The normalized spacial score (nSPS) is 11.1. The van der Waals surface area contributed by atoms with Crippen molar-refractivity contribution < 1.29 is 4.79 Å². The zero-order valence-corrected chi connectivity index (χ0v) is 14.8. The van der Waals surface area contributed by atoms with E-state index < -0.39 is 0 Å². The third-order valence-electron chi connectivity index (χ3n) is 4.05. The second-order valence-electron chi connectivity index (χ2n) is 6.31. The van der Waals surface area contributed by atoms with E-state index in [9.17, 15) is 4.79 Å². The first-order valence-electron chi connectivity index (χ1n) is 8.48. The number of hydrogen-bond donors (Lipinski definition) is 3. The lowest BCUT2D eigenvalue weighted by atomic mass is 10.2. The number of nitrogens with zero attached hydrogens (tertiary/aromatic N) is 5. The van der Waals surface area contributed by atoms with Gasteiger partial charge in [-0.1, -0.05) is 6.07 Å². The van der Waals surface area contributed by atoms with Crippen LogP contribution in [0, 0.1) is 0 Å². The Morgan fingerprint density at radius 2 is 2.07 bits per heavy atom. The molecule has 0 atom stereocenters. The summed E-state index contributed by atoms with van der Waals surface area (Å²) in [4.78, 5) is 16.8. The number of amides is 2. The van der Waals surface area contributed by atoms with Gasteiger partial charge in [-0.05, 0) is 44.2 Å². The van der Waals surface area contributed by atoms with Crippen molar-refractivity contribution in [2.24, 2.45) is 0 Å². The summed E-state index contributed by atoms with van der Waals surface area (Å²) in [6.07, 6.45) is 3.37. The first-order valence-corrected chi connectivity index (χ1v) is 8.48. The van der Waals surface area contributed by atoms with Crippen LogP contribution >= 0.6 is 0 Å². The van der Waals surface area contributed by atoms with Gasteiger partial charge in [0.2, 0.25) is 0 Å². The maximum absolute atomic E-state index is 12.3. The summed E-state index contributed by atoms with van der Waals surface area (Å²) in [5.74, 6) is 1.08. The topological polar surface area (TPSA) is 113 Å². The first-order chi connectivity index (χ1) is 13.1. The van der Waals surface area contributed by atoms with E-state index in [2.05, 4.69) is 36.0 Å². The monoisotopic (exact) mass is 362 g/mol. The third-order valence-corrected chi connectivity index (χ3v) is 4.05. The average molecular weight is 362 g/mol. The zero-order chi connectivity index (χ0) is 18.8. The van der Waals surface area contributed by atoms with Crippen LogP contribution in [0.2, 0.25) is 0 Å². The van der Waals surface area contributed by atoms with Crippen LogP contribution < -0.4 is 10.6 Å². The van der Waals surface area contributed by atoms with Crippen LogP contribution in [0.15, 0.2) is 48.9 Å². The second-order valence-corrected chi connectivity index (χ2v) is 6.31. The summed E-state index contributed by atoms with van der Waals surface area (Å²) in [6, 6.07) is 10.7. The largest absolute Gasteiger partial charge is 0.324 e. The molecule has 3 N–H and O–H groups in total. The molecule has 0 saturated heterocycles. The molecule has 136 valence electrons. The van der Waals surface area contributed by atoms with Gasteiger partial charge < -0.3 is 9.88 Å². The number of rotatable bonds is 4. The van der Waals surface area contributed by atoms with Crippen molar-refractivity contribution in [2.45, 2.75) is 19.9 Å². The molecule has 2 amide bonds. The molecule has 0 unspecified atom stereocenters. The Morgan fingerprint density at radius 3 is 2.93 bits per heavy atom. The molecule has 0 aliphatic rings. The van der Waals surface area contributed by atoms with Gasteiger partial charge in [0.15, 0.2) is 5.82 Å². The number of anilines is 2. The fraction of sp³-hybridized carbons (Fsp3) is 0.167. The molecule has 0 radical (unpaired) electrons. The van der Waals surface area contributed by atoms with Gasteiger partial charge in [-0.15, -0.1) is 10.2 Å². The smallest absolute Gasteiger partial charge is 0.310 e. The molecule has 1 aromatic carbocycles. The van der Waals surface area contributed by atoms with Crippen molar-refractivity contribution in [1.82, 2.24) is 29.9 Å². The quantitative estimate of drug-likeness (QED) is 0.515. The Balaban J connectivity index is 1.50. The molecule has 27 heavy (non-hydrogen) atoms. The highest BCUT2D eigenvalue weighted by molar-refractivity contribution is 6.00. The van der Waals surface area contributed by atoms with E-state index >= 15 is 0 Å². The van der Waals surface area contributed by atoms with Gasteiger partial charge >= 0.3 is 6.03 Å². The number of hydrogen-bond acceptors (Lipinski definition) is 5. The minimum atomic E-state index is -0.382. The molecule has 0 bridgehead atoms. The van der Waals surface area contributed by atoms with Crippen LogP contribution in [0.4, 0.5) is 16.3 Å². The molecular weight excluding hydrogens is 344 g/mol. The van der Waals surface area contributed by atoms with E-state index in [1.807, 2.05) is 42.7 Å². The molecule has 0 fully saturated rings. The van der Waals surface area contributed by atoms with Crippen molar-refractivity contribution in [3.8, 4) is 11.5 Å². The lowest BCUT2D eigenvalue weighted by molar-refractivity contribution is 0.262. The number of carbonyl (C=O) groups excluding carboxylic acids is 1. The first kappa shape index (κ1) is 16.7. The Morgan fingerprint density at radius 1 is 1.19 bits per heavy atom. The van der Waals surface area contributed by atoms with Gasteiger partial charge in [-0.2, -0.15) is 5.10 Å². The van der Waals surface area contributed by atoms with E-state index in [-0.39, 0.29) is 12.1 Å². The number of fused-ring (bicyclic) bond motifs is 1. The van der Waals surface area contributed by atoms with Crippen molar-refractivity contribution in [1.29, 1.82) is 0 Å².